The first kappa shape index (κ1) is 21.8. The van der Waals surface area contributed by atoms with Crippen LogP contribution >= 0.6 is 0 Å². The molecule has 0 spiro atoms. The molecule has 3 rings (SSSR count). The van der Waals surface area contributed by atoms with Gasteiger partial charge < -0.3 is 14.7 Å². The van der Waals surface area contributed by atoms with Crippen LogP contribution in [-0.4, -0.2) is 78.4 Å². The zero-order valence-corrected chi connectivity index (χ0v) is 17.9. The summed E-state index contributed by atoms with van der Waals surface area (Å²) >= 11 is 0. The van der Waals surface area contributed by atoms with Crippen LogP contribution in [0.25, 0.3) is 0 Å². The summed E-state index contributed by atoms with van der Waals surface area (Å²) in [6.45, 7) is 16.8. The van der Waals surface area contributed by atoms with E-state index < -0.39 is 0 Å². The van der Waals surface area contributed by atoms with Crippen LogP contribution in [0.1, 0.15) is 72.6 Å². The Bertz CT molecular complexity index is 390. The predicted molar refractivity (Wildman–Crippen MR) is 111 cm³/mol. The molecule has 4 heteroatoms. The molecule has 0 amide bonds. The second-order valence-corrected chi connectivity index (χ2v) is 8.26. The molecule has 26 heavy (non-hydrogen) atoms. The highest BCUT2D eigenvalue weighted by Crippen LogP contribution is 2.27. The van der Waals surface area contributed by atoms with Crippen molar-refractivity contribution >= 4 is 5.78 Å². The molecule has 0 bridgehead atoms. The van der Waals surface area contributed by atoms with Crippen molar-refractivity contribution in [2.45, 2.75) is 84.7 Å². The third-order valence-electron chi connectivity index (χ3n) is 6.73. The van der Waals surface area contributed by atoms with E-state index in [0.29, 0.717) is 11.7 Å². The molecule has 0 radical (unpaired) electrons. The molecule has 0 aromatic heterocycles. The van der Waals surface area contributed by atoms with Gasteiger partial charge in [-0.1, -0.05) is 20.8 Å². The molecular weight excluding hydrogens is 322 g/mol. The fraction of sp³-hybridized carbons (Fsp3) is 0.955. The van der Waals surface area contributed by atoms with Crippen LogP contribution in [0.5, 0.6) is 0 Å². The zero-order valence-electron chi connectivity index (χ0n) is 17.9. The van der Waals surface area contributed by atoms with Gasteiger partial charge in [-0.15, -0.1) is 0 Å². The van der Waals surface area contributed by atoms with Gasteiger partial charge in [-0.05, 0) is 97.7 Å². The van der Waals surface area contributed by atoms with E-state index in [1.807, 2.05) is 13.8 Å². The average molecular weight is 366 g/mol. The van der Waals surface area contributed by atoms with Crippen molar-refractivity contribution in [2.75, 3.05) is 45.8 Å². The number of hydrogen-bond acceptors (Lipinski definition) is 4. The van der Waals surface area contributed by atoms with E-state index in [2.05, 4.69) is 21.6 Å². The highest BCUT2D eigenvalue weighted by molar-refractivity contribution is 5.78. The molecule has 0 aliphatic carbocycles. The number of nitrogens with zero attached hydrogens (tertiary/aromatic N) is 3. The highest BCUT2D eigenvalue weighted by Gasteiger charge is 2.32. The monoisotopic (exact) mass is 365 g/mol. The second kappa shape index (κ2) is 11.4. The summed E-state index contributed by atoms with van der Waals surface area (Å²) in [5.41, 5.74) is 0. The maximum absolute atomic E-state index is 11.5. The molecule has 3 saturated heterocycles. The number of carbonyl (C=O) groups excluding carboxylic acids is 1. The zero-order chi connectivity index (χ0) is 18.9. The fourth-order valence-electron chi connectivity index (χ4n) is 5.11. The van der Waals surface area contributed by atoms with Crippen LogP contribution in [0.4, 0.5) is 0 Å². The topological polar surface area (TPSA) is 26.8 Å². The molecule has 3 aliphatic rings. The lowest BCUT2D eigenvalue weighted by atomic mass is 9.90. The van der Waals surface area contributed by atoms with E-state index in [9.17, 15) is 4.79 Å². The van der Waals surface area contributed by atoms with Gasteiger partial charge in [-0.25, -0.2) is 0 Å². The second-order valence-electron chi connectivity index (χ2n) is 8.26. The third-order valence-corrected chi connectivity index (χ3v) is 6.73. The smallest absolute Gasteiger partial charge is 0.133 e. The van der Waals surface area contributed by atoms with Gasteiger partial charge in [0.15, 0.2) is 0 Å². The summed E-state index contributed by atoms with van der Waals surface area (Å²) in [5.74, 6) is 0.744. The van der Waals surface area contributed by atoms with Gasteiger partial charge in [0.1, 0.15) is 5.78 Å². The van der Waals surface area contributed by atoms with Crippen LogP contribution in [0.15, 0.2) is 0 Å². The van der Waals surface area contributed by atoms with Crippen LogP contribution in [-0.2, 0) is 4.79 Å². The molecule has 0 aromatic carbocycles. The van der Waals surface area contributed by atoms with Gasteiger partial charge in [-0.3, -0.25) is 4.79 Å². The van der Waals surface area contributed by atoms with Crippen molar-refractivity contribution in [3.8, 4) is 0 Å². The van der Waals surface area contributed by atoms with E-state index in [4.69, 9.17) is 0 Å². The Morgan fingerprint density at radius 2 is 1.19 bits per heavy atom. The number of piperidine rings is 3. The molecule has 4 nitrogen and oxygen atoms in total. The molecule has 0 unspecified atom stereocenters. The fourth-order valence-corrected chi connectivity index (χ4v) is 5.11. The van der Waals surface area contributed by atoms with E-state index in [0.717, 1.165) is 38.0 Å². The Kier molecular flexibility index (Phi) is 9.58. The van der Waals surface area contributed by atoms with Crippen LogP contribution < -0.4 is 0 Å². The lowest BCUT2D eigenvalue weighted by Crippen LogP contribution is -2.52. The van der Waals surface area contributed by atoms with E-state index in [-0.39, 0.29) is 0 Å². The van der Waals surface area contributed by atoms with Crippen LogP contribution in [0.3, 0.4) is 0 Å². The molecule has 0 saturated carbocycles. The molecule has 0 atom stereocenters. The number of Topliss-reactive ketones (excluding diaryl/α,β-unsaturated/α-hetero) is 1. The first-order valence-electron chi connectivity index (χ1n) is 11.4. The number of carbonyl (C=O) groups is 1. The first-order chi connectivity index (χ1) is 12.7. The molecule has 3 aliphatic heterocycles. The molecule has 152 valence electrons. The Morgan fingerprint density at radius 1 is 0.769 bits per heavy atom. The maximum atomic E-state index is 11.5. The average Bonchev–Trinajstić information content (AvgIpc) is 2.71. The van der Waals surface area contributed by atoms with Crippen molar-refractivity contribution in [1.29, 1.82) is 0 Å². The minimum Gasteiger partial charge on any atom is -0.303 e. The Hall–Kier alpha value is -0.450. The lowest BCUT2D eigenvalue weighted by molar-refractivity contribution is -0.122. The summed E-state index contributed by atoms with van der Waals surface area (Å²) < 4.78 is 0. The third kappa shape index (κ3) is 6.03. The largest absolute Gasteiger partial charge is 0.303 e. The SMILES string of the molecule is CC.CCCN1CCC(N2CCC(N3CCC(C(C)=O)CC3)CC2)CC1. The van der Waals surface area contributed by atoms with Gasteiger partial charge in [0.05, 0.1) is 0 Å². The van der Waals surface area contributed by atoms with Crippen molar-refractivity contribution in [3.05, 3.63) is 0 Å². The summed E-state index contributed by atoms with van der Waals surface area (Å²) in [5, 5.41) is 0. The standard InChI is InChI=1S/C20H37N3O.C2H6/c1-3-10-21-11-6-19(7-12-21)23-15-8-20(9-16-23)22-13-4-18(5-14-22)17(2)24;1-2/h18-20H,3-16H2,1-2H3;1-2H3. The normalized spacial score (nSPS) is 25.7. The van der Waals surface area contributed by atoms with E-state index in [1.165, 1.54) is 64.8 Å². The lowest BCUT2D eigenvalue weighted by Gasteiger charge is -2.45. The van der Waals surface area contributed by atoms with Gasteiger partial charge in [0, 0.05) is 18.0 Å². The van der Waals surface area contributed by atoms with Gasteiger partial charge in [0.25, 0.3) is 0 Å². The van der Waals surface area contributed by atoms with Crippen LogP contribution in [0, 0.1) is 5.92 Å². The van der Waals surface area contributed by atoms with E-state index in [1.54, 1.807) is 6.92 Å². The summed E-state index contributed by atoms with van der Waals surface area (Å²) in [7, 11) is 0. The number of rotatable bonds is 5. The van der Waals surface area contributed by atoms with Gasteiger partial charge >= 0.3 is 0 Å². The molecular formula is C22H43N3O. The quantitative estimate of drug-likeness (QED) is 0.743. The number of ketones is 1. The van der Waals surface area contributed by atoms with Crippen molar-refractivity contribution in [1.82, 2.24) is 14.7 Å². The van der Waals surface area contributed by atoms with Crippen molar-refractivity contribution in [2.24, 2.45) is 5.92 Å². The van der Waals surface area contributed by atoms with Gasteiger partial charge in [0.2, 0.25) is 0 Å². The minimum absolute atomic E-state index is 0.342. The molecule has 3 heterocycles. The van der Waals surface area contributed by atoms with Gasteiger partial charge in [-0.2, -0.15) is 0 Å². The summed E-state index contributed by atoms with van der Waals surface area (Å²) in [6.07, 6.45) is 8.87. The Labute approximate surface area is 162 Å². The number of likely N-dealkylation sites (tertiary alicyclic amines) is 3. The molecule has 3 fully saturated rings. The predicted octanol–water partition coefficient (Wildman–Crippen LogP) is 3.65. The minimum atomic E-state index is 0.342. The Morgan fingerprint density at radius 3 is 1.62 bits per heavy atom. The highest BCUT2D eigenvalue weighted by atomic mass is 16.1. The Balaban J connectivity index is 0.00000117. The van der Waals surface area contributed by atoms with Crippen molar-refractivity contribution in [3.63, 3.8) is 0 Å². The maximum Gasteiger partial charge on any atom is 0.133 e. The van der Waals surface area contributed by atoms with Crippen molar-refractivity contribution < 1.29 is 4.79 Å². The molecule has 0 aromatic rings. The first-order valence-corrected chi connectivity index (χ1v) is 11.4. The van der Waals surface area contributed by atoms with Crippen LogP contribution in [0.2, 0.25) is 0 Å². The van der Waals surface area contributed by atoms with E-state index >= 15 is 0 Å². The summed E-state index contributed by atoms with van der Waals surface area (Å²) in [4.78, 5) is 19.6. The number of hydrogen-bond donors (Lipinski definition) is 0. The molecule has 0 N–H and O–H groups in total. The summed E-state index contributed by atoms with van der Waals surface area (Å²) in [6, 6.07) is 1.61.